The SMILES string of the molecule is COC[C@H](NC(=O)CCc1c[nH]c2ccccc12)c1ccnn1C. The molecule has 0 spiro atoms. The summed E-state index contributed by atoms with van der Waals surface area (Å²) in [6, 6.07) is 9.81. The minimum atomic E-state index is -0.196. The van der Waals surface area contributed by atoms with Crippen LogP contribution >= 0.6 is 0 Å². The summed E-state index contributed by atoms with van der Waals surface area (Å²) in [4.78, 5) is 15.6. The highest BCUT2D eigenvalue weighted by molar-refractivity contribution is 5.84. The van der Waals surface area contributed by atoms with Gasteiger partial charge in [0.05, 0.1) is 18.3 Å². The minimum Gasteiger partial charge on any atom is -0.382 e. The first-order chi connectivity index (χ1) is 11.7. The number of para-hydroxylation sites is 1. The Morgan fingerprint density at radius 2 is 2.21 bits per heavy atom. The van der Waals surface area contributed by atoms with Crippen LogP contribution in [0.4, 0.5) is 0 Å². The minimum absolute atomic E-state index is 0.00327. The monoisotopic (exact) mass is 326 g/mol. The predicted molar refractivity (Wildman–Crippen MR) is 92.6 cm³/mol. The zero-order chi connectivity index (χ0) is 16.9. The van der Waals surface area contributed by atoms with Gasteiger partial charge in [0.25, 0.3) is 0 Å². The van der Waals surface area contributed by atoms with Crippen LogP contribution in [-0.2, 0) is 23.0 Å². The molecule has 126 valence electrons. The van der Waals surface area contributed by atoms with E-state index in [1.54, 1.807) is 18.0 Å². The highest BCUT2D eigenvalue weighted by Gasteiger charge is 2.17. The quantitative estimate of drug-likeness (QED) is 0.700. The molecule has 24 heavy (non-hydrogen) atoms. The van der Waals surface area contributed by atoms with Gasteiger partial charge >= 0.3 is 0 Å². The molecule has 2 heterocycles. The zero-order valence-electron chi connectivity index (χ0n) is 14.0. The van der Waals surface area contributed by atoms with Crippen molar-refractivity contribution in [3.05, 3.63) is 54.0 Å². The van der Waals surface area contributed by atoms with E-state index in [1.807, 2.05) is 37.5 Å². The second-order valence-corrected chi connectivity index (χ2v) is 5.81. The second-order valence-electron chi connectivity index (χ2n) is 5.81. The fourth-order valence-electron chi connectivity index (χ4n) is 2.95. The van der Waals surface area contributed by atoms with E-state index < -0.39 is 0 Å². The summed E-state index contributed by atoms with van der Waals surface area (Å²) >= 11 is 0. The number of aromatic nitrogens is 3. The number of rotatable bonds is 7. The van der Waals surface area contributed by atoms with Crippen LogP contribution < -0.4 is 5.32 Å². The molecule has 0 radical (unpaired) electrons. The number of carbonyl (C=O) groups excluding carboxylic acids is 1. The van der Waals surface area contributed by atoms with E-state index in [9.17, 15) is 4.79 Å². The van der Waals surface area contributed by atoms with Gasteiger partial charge in [-0.1, -0.05) is 18.2 Å². The van der Waals surface area contributed by atoms with E-state index in [2.05, 4.69) is 21.5 Å². The molecule has 0 bridgehead atoms. The molecule has 2 aromatic heterocycles. The molecule has 6 nitrogen and oxygen atoms in total. The van der Waals surface area contributed by atoms with Crippen molar-refractivity contribution < 1.29 is 9.53 Å². The van der Waals surface area contributed by atoms with E-state index in [0.717, 1.165) is 16.8 Å². The van der Waals surface area contributed by atoms with Crippen molar-refractivity contribution in [3.8, 4) is 0 Å². The van der Waals surface area contributed by atoms with Gasteiger partial charge in [-0.15, -0.1) is 0 Å². The Morgan fingerprint density at radius 3 is 2.96 bits per heavy atom. The molecule has 1 amide bonds. The van der Waals surface area contributed by atoms with Gasteiger partial charge in [-0.05, 0) is 24.1 Å². The average Bonchev–Trinajstić information content (AvgIpc) is 3.19. The van der Waals surface area contributed by atoms with E-state index >= 15 is 0 Å². The van der Waals surface area contributed by atoms with Gasteiger partial charge in [-0.2, -0.15) is 5.10 Å². The van der Waals surface area contributed by atoms with Crippen molar-refractivity contribution in [2.45, 2.75) is 18.9 Å². The summed E-state index contributed by atoms with van der Waals surface area (Å²) in [5.41, 5.74) is 3.18. The number of nitrogens with zero attached hydrogens (tertiary/aromatic N) is 2. The molecule has 1 atom stereocenters. The maximum atomic E-state index is 12.4. The van der Waals surface area contributed by atoms with Crippen LogP contribution in [0.5, 0.6) is 0 Å². The maximum absolute atomic E-state index is 12.4. The fourth-order valence-corrected chi connectivity index (χ4v) is 2.95. The maximum Gasteiger partial charge on any atom is 0.220 e. The fraction of sp³-hybridized carbons (Fsp3) is 0.333. The largest absolute Gasteiger partial charge is 0.382 e. The summed E-state index contributed by atoms with van der Waals surface area (Å²) in [6.07, 6.45) is 4.82. The molecule has 2 N–H and O–H groups in total. The third-order valence-electron chi connectivity index (χ3n) is 4.18. The number of hydrogen-bond donors (Lipinski definition) is 2. The topological polar surface area (TPSA) is 71.9 Å². The number of methoxy groups -OCH3 is 1. The van der Waals surface area contributed by atoms with E-state index in [4.69, 9.17) is 4.74 Å². The molecule has 3 aromatic rings. The van der Waals surface area contributed by atoms with Gasteiger partial charge in [-0.3, -0.25) is 9.48 Å². The van der Waals surface area contributed by atoms with Crippen molar-refractivity contribution in [2.75, 3.05) is 13.7 Å². The van der Waals surface area contributed by atoms with Gasteiger partial charge in [0.1, 0.15) is 0 Å². The summed E-state index contributed by atoms with van der Waals surface area (Å²) in [5, 5.41) is 8.36. The lowest BCUT2D eigenvalue weighted by Gasteiger charge is -2.18. The first-order valence-electron chi connectivity index (χ1n) is 8.00. The summed E-state index contributed by atoms with van der Waals surface area (Å²) in [7, 11) is 3.48. The van der Waals surface area contributed by atoms with Crippen LogP contribution in [0.2, 0.25) is 0 Å². The number of ether oxygens (including phenoxy) is 1. The van der Waals surface area contributed by atoms with Crippen LogP contribution in [0, 0.1) is 0 Å². The average molecular weight is 326 g/mol. The number of aryl methyl sites for hydroxylation is 2. The van der Waals surface area contributed by atoms with E-state index in [-0.39, 0.29) is 11.9 Å². The molecule has 0 aliphatic carbocycles. The third-order valence-corrected chi connectivity index (χ3v) is 4.18. The molecule has 0 fully saturated rings. The number of hydrogen-bond acceptors (Lipinski definition) is 3. The van der Waals surface area contributed by atoms with Gasteiger partial charge in [-0.25, -0.2) is 0 Å². The third kappa shape index (κ3) is 3.49. The molecule has 3 rings (SSSR count). The lowest BCUT2D eigenvalue weighted by Crippen LogP contribution is -2.32. The Labute approximate surface area is 140 Å². The Kier molecular flexibility index (Phi) is 4.96. The number of amides is 1. The number of fused-ring (bicyclic) bond motifs is 1. The van der Waals surface area contributed by atoms with Crippen molar-refractivity contribution >= 4 is 16.8 Å². The van der Waals surface area contributed by atoms with Crippen molar-refractivity contribution in [2.24, 2.45) is 7.05 Å². The highest BCUT2D eigenvalue weighted by atomic mass is 16.5. The summed E-state index contributed by atoms with van der Waals surface area (Å²) in [5.74, 6) is 0.00327. The zero-order valence-corrected chi connectivity index (χ0v) is 14.0. The van der Waals surface area contributed by atoms with Crippen LogP contribution in [-0.4, -0.2) is 34.4 Å². The molecule has 0 aliphatic rings. The standard InChI is InChI=1S/C18H22N4O2/c1-22-17(9-10-20-22)16(12-24-2)21-18(23)8-7-13-11-19-15-6-4-3-5-14(13)15/h3-6,9-11,16,19H,7-8,12H2,1-2H3,(H,21,23)/t16-/m0/s1. The highest BCUT2D eigenvalue weighted by Crippen LogP contribution is 2.19. The lowest BCUT2D eigenvalue weighted by molar-refractivity contribution is -0.122. The molecular weight excluding hydrogens is 304 g/mol. The lowest BCUT2D eigenvalue weighted by atomic mass is 10.1. The Morgan fingerprint density at radius 1 is 1.38 bits per heavy atom. The molecule has 6 heteroatoms. The molecule has 0 unspecified atom stereocenters. The normalized spacial score (nSPS) is 12.4. The van der Waals surface area contributed by atoms with E-state index in [0.29, 0.717) is 19.4 Å². The van der Waals surface area contributed by atoms with Crippen LogP contribution in [0.25, 0.3) is 10.9 Å². The number of H-pyrrole nitrogens is 1. The van der Waals surface area contributed by atoms with Crippen LogP contribution in [0.1, 0.15) is 23.7 Å². The molecule has 1 aromatic carbocycles. The number of nitrogens with one attached hydrogen (secondary N) is 2. The molecule has 0 saturated heterocycles. The molecule has 0 aliphatic heterocycles. The van der Waals surface area contributed by atoms with Gasteiger partial charge in [0.2, 0.25) is 5.91 Å². The smallest absolute Gasteiger partial charge is 0.220 e. The van der Waals surface area contributed by atoms with Crippen molar-refractivity contribution in [1.29, 1.82) is 0 Å². The predicted octanol–water partition coefficient (Wildman–Crippen LogP) is 2.34. The van der Waals surface area contributed by atoms with Crippen LogP contribution in [0.3, 0.4) is 0 Å². The molecular formula is C18H22N4O2. The van der Waals surface area contributed by atoms with Gasteiger partial charge < -0.3 is 15.0 Å². The van der Waals surface area contributed by atoms with Crippen LogP contribution in [0.15, 0.2) is 42.7 Å². The number of carbonyl (C=O) groups is 1. The molecule has 0 saturated carbocycles. The Bertz CT molecular complexity index is 821. The van der Waals surface area contributed by atoms with E-state index in [1.165, 1.54) is 5.39 Å². The first-order valence-corrected chi connectivity index (χ1v) is 8.00. The van der Waals surface area contributed by atoms with Crippen molar-refractivity contribution in [1.82, 2.24) is 20.1 Å². The number of aromatic amines is 1. The van der Waals surface area contributed by atoms with Gasteiger partial charge in [0, 0.05) is 43.9 Å². The number of benzene rings is 1. The Hall–Kier alpha value is -2.60. The summed E-state index contributed by atoms with van der Waals surface area (Å²) < 4.78 is 6.98. The summed E-state index contributed by atoms with van der Waals surface area (Å²) in [6.45, 7) is 0.415. The van der Waals surface area contributed by atoms with Crippen molar-refractivity contribution in [3.63, 3.8) is 0 Å². The Balaban J connectivity index is 1.63. The first kappa shape index (κ1) is 16.3. The van der Waals surface area contributed by atoms with Gasteiger partial charge in [0.15, 0.2) is 0 Å². The second kappa shape index (κ2) is 7.31.